The number of halogens is 1. The summed E-state index contributed by atoms with van der Waals surface area (Å²) in [5, 5.41) is 3.29. The van der Waals surface area contributed by atoms with E-state index in [1.165, 1.54) is 0 Å². The summed E-state index contributed by atoms with van der Waals surface area (Å²) in [6, 6.07) is 7.04. The van der Waals surface area contributed by atoms with Gasteiger partial charge in [-0.25, -0.2) is 4.39 Å². The van der Waals surface area contributed by atoms with Crippen molar-refractivity contribution in [2.75, 3.05) is 6.54 Å². The minimum Gasteiger partial charge on any atom is -0.483 e. The molecule has 1 aromatic heterocycles. The molecule has 0 unspecified atom stereocenters. The first-order valence-corrected chi connectivity index (χ1v) is 6.85. The minimum absolute atomic E-state index is 0.230. The quantitative estimate of drug-likeness (QED) is 0.782. The molecule has 0 aliphatic carbocycles. The summed E-state index contributed by atoms with van der Waals surface area (Å²) in [5.74, 6) is 0.634. The average molecular weight is 277 g/mol. The molecule has 0 saturated heterocycles. The SMILES string of the molecule is CCCNCc1coc(COc2cccc(C)c2F)c1. The molecule has 0 fully saturated rings. The summed E-state index contributed by atoms with van der Waals surface area (Å²) < 4.78 is 24.6. The molecule has 20 heavy (non-hydrogen) atoms. The molecule has 4 heteroatoms. The molecule has 1 heterocycles. The number of furan rings is 1. The van der Waals surface area contributed by atoms with Gasteiger partial charge in [-0.15, -0.1) is 0 Å². The second kappa shape index (κ2) is 7.10. The Morgan fingerprint density at radius 2 is 2.20 bits per heavy atom. The second-order valence-electron chi connectivity index (χ2n) is 4.77. The van der Waals surface area contributed by atoms with Crippen LogP contribution in [0.15, 0.2) is 34.9 Å². The number of hydrogen-bond donors (Lipinski definition) is 1. The van der Waals surface area contributed by atoms with Crippen LogP contribution < -0.4 is 10.1 Å². The van der Waals surface area contributed by atoms with Crippen molar-refractivity contribution in [1.29, 1.82) is 0 Å². The molecule has 0 amide bonds. The highest BCUT2D eigenvalue weighted by molar-refractivity contribution is 5.30. The second-order valence-corrected chi connectivity index (χ2v) is 4.77. The van der Waals surface area contributed by atoms with Gasteiger partial charge in [0.1, 0.15) is 12.4 Å². The Hall–Kier alpha value is -1.81. The number of hydrogen-bond acceptors (Lipinski definition) is 3. The van der Waals surface area contributed by atoms with Gasteiger partial charge in [0.15, 0.2) is 11.6 Å². The zero-order valence-electron chi connectivity index (χ0n) is 11.9. The highest BCUT2D eigenvalue weighted by Gasteiger charge is 2.08. The monoisotopic (exact) mass is 277 g/mol. The van der Waals surface area contributed by atoms with Gasteiger partial charge in [0, 0.05) is 12.1 Å². The zero-order chi connectivity index (χ0) is 14.4. The Morgan fingerprint density at radius 1 is 1.35 bits per heavy atom. The topological polar surface area (TPSA) is 34.4 Å². The Labute approximate surface area is 118 Å². The van der Waals surface area contributed by atoms with E-state index in [1.54, 1.807) is 31.4 Å². The summed E-state index contributed by atoms with van der Waals surface area (Å²) in [4.78, 5) is 0. The van der Waals surface area contributed by atoms with Crippen LogP contribution in [0.25, 0.3) is 0 Å². The third kappa shape index (κ3) is 3.84. The highest BCUT2D eigenvalue weighted by atomic mass is 19.1. The van der Waals surface area contributed by atoms with Crippen LogP contribution in [-0.4, -0.2) is 6.54 Å². The Bertz CT molecular complexity index is 551. The Kier molecular flexibility index (Phi) is 5.18. The van der Waals surface area contributed by atoms with Crippen molar-refractivity contribution in [3.63, 3.8) is 0 Å². The zero-order valence-corrected chi connectivity index (χ0v) is 11.9. The summed E-state index contributed by atoms with van der Waals surface area (Å²) in [5.41, 5.74) is 1.65. The molecule has 0 spiro atoms. The summed E-state index contributed by atoms with van der Waals surface area (Å²) in [6.07, 6.45) is 2.80. The van der Waals surface area contributed by atoms with E-state index in [-0.39, 0.29) is 18.2 Å². The fourth-order valence-electron chi connectivity index (χ4n) is 1.88. The van der Waals surface area contributed by atoms with Crippen LogP contribution in [-0.2, 0) is 13.2 Å². The Morgan fingerprint density at radius 3 is 3.00 bits per heavy atom. The molecule has 0 radical (unpaired) electrons. The van der Waals surface area contributed by atoms with Gasteiger partial charge in [-0.1, -0.05) is 19.1 Å². The van der Waals surface area contributed by atoms with Gasteiger partial charge in [-0.05, 0) is 37.6 Å². The predicted molar refractivity (Wildman–Crippen MR) is 76.2 cm³/mol. The van der Waals surface area contributed by atoms with E-state index in [4.69, 9.17) is 9.15 Å². The van der Waals surface area contributed by atoms with Crippen molar-refractivity contribution in [3.05, 3.63) is 53.2 Å². The maximum absolute atomic E-state index is 13.7. The summed E-state index contributed by atoms with van der Waals surface area (Å²) in [6.45, 7) is 5.82. The minimum atomic E-state index is -0.316. The molecular weight excluding hydrogens is 257 g/mol. The molecule has 0 bridgehead atoms. The van der Waals surface area contributed by atoms with Crippen LogP contribution in [0, 0.1) is 12.7 Å². The smallest absolute Gasteiger partial charge is 0.167 e. The highest BCUT2D eigenvalue weighted by Crippen LogP contribution is 2.21. The third-order valence-corrected chi connectivity index (χ3v) is 2.99. The number of nitrogens with one attached hydrogen (secondary N) is 1. The molecular formula is C16H20FNO2. The fraction of sp³-hybridized carbons (Fsp3) is 0.375. The summed E-state index contributed by atoms with van der Waals surface area (Å²) >= 11 is 0. The van der Waals surface area contributed by atoms with Gasteiger partial charge in [0.25, 0.3) is 0 Å². The van der Waals surface area contributed by atoms with Crippen molar-refractivity contribution in [2.24, 2.45) is 0 Å². The Balaban J connectivity index is 1.89. The van der Waals surface area contributed by atoms with E-state index in [0.29, 0.717) is 11.3 Å². The molecule has 3 nitrogen and oxygen atoms in total. The van der Waals surface area contributed by atoms with E-state index in [2.05, 4.69) is 12.2 Å². The van der Waals surface area contributed by atoms with Crippen LogP contribution in [0.1, 0.15) is 30.2 Å². The fourth-order valence-corrected chi connectivity index (χ4v) is 1.88. The van der Waals surface area contributed by atoms with Crippen LogP contribution in [0.4, 0.5) is 4.39 Å². The van der Waals surface area contributed by atoms with Crippen molar-refractivity contribution in [3.8, 4) is 5.75 Å². The number of benzene rings is 1. The molecule has 1 N–H and O–H groups in total. The van der Waals surface area contributed by atoms with E-state index < -0.39 is 0 Å². The van der Waals surface area contributed by atoms with Gasteiger partial charge < -0.3 is 14.5 Å². The first kappa shape index (κ1) is 14.6. The third-order valence-electron chi connectivity index (χ3n) is 2.99. The van der Waals surface area contributed by atoms with Crippen LogP contribution in [0.5, 0.6) is 5.75 Å². The lowest BCUT2D eigenvalue weighted by Crippen LogP contribution is -2.13. The van der Waals surface area contributed by atoms with Crippen molar-refractivity contribution >= 4 is 0 Å². The van der Waals surface area contributed by atoms with E-state index >= 15 is 0 Å². The van der Waals surface area contributed by atoms with Crippen molar-refractivity contribution in [1.82, 2.24) is 5.32 Å². The molecule has 1 aromatic carbocycles. The number of rotatable bonds is 7. The average Bonchev–Trinajstić information content (AvgIpc) is 2.89. The van der Waals surface area contributed by atoms with Gasteiger partial charge in [-0.3, -0.25) is 0 Å². The molecule has 0 atom stereocenters. The van der Waals surface area contributed by atoms with Crippen LogP contribution in [0.2, 0.25) is 0 Å². The van der Waals surface area contributed by atoms with Gasteiger partial charge in [0.05, 0.1) is 6.26 Å². The largest absolute Gasteiger partial charge is 0.483 e. The van der Waals surface area contributed by atoms with Crippen molar-refractivity contribution in [2.45, 2.75) is 33.4 Å². The molecule has 0 aliphatic rings. The first-order chi connectivity index (χ1) is 9.70. The number of ether oxygens (including phenoxy) is 1. The number of aryl methyl sites for hydroxylation is 1. The van der Waals surface area contributed by atoms with Gasteiger partial charge in [-0.2, -0.15) is 0 Å². The lowest BCUT2D eigenvalue weighted by molar-refractivity contribution is 0.258. The standard InChI is InChI=1S/C16H20FNO2/c1-3-7-18-9-13-8-14(19-10-13)11-20-15-6-4-5-12(2)16(15)17/h4-6,8,10,18H,3,7,9,11H2,1-2H3. The molecule has 108 valence electrons. The summed E-state index contributed by atoms with van der Waals surface area (Å²) in [7, 11) is 0. The van der Waals surface area contributed by atoms with Crippen LogP contribution in [0.3, 0.4) is 0 Å². The maximum atomic E-state index is 13.7. The lowest BCUT2D eigenvalue weighted by Gasteiger charge is -2.06. The van der Waals surface area contributed by atoms with Gasteiger partial charge in [0.2, 0.25) is 0 Å². The first-order valence-electron chi connectivity index (χ1n) is 6.85. The van der Waals surface area contributed by atoms with E-state index in [1.807, 2.05) is 6.07 Å². The van der Waals surface area contributed by atoms with Crippen LogP contribution >= 0.6 is 0 Å². The van der Waals surface area contributed by atoms with Crippen molar-refractivity contribution < 1.29 is 13.5 Å². The molecule has 2 rings (SSSR count). The van der Waals surface area contributed by atoms with Gasteiger partial charge >= 0.3 is 0 Å². The van der Waals surface area contributed by atoms with E-state index in [0.717, 1.165) is 25.1 Å². The molecule has 0 saturated carbocycles. The predicted octanol–water partition coefficient (Wildman–Crippen LogP) is 3.81. The molecule has 0 aliphatic heterocycles. The molecule has 2 aromatic rings. The lowest BCUT2D eigenvalue weighted by atomic mass is 10.2. The van der Waals surface area contributed by atoms with E-state index in [9.17, 15) is 4.39 Å². The maximum Gasteiger partial charge on any atom is 0.167 e. The normalized spacial score (nSPS) is 10.8.